The third-order valence-electron chi connectivity index (χ3n) is 1.55. The summed E-state index contributed by atoms with van der Waals surface area (Å²) in [5.74, 6) is -1.59. The maximum Gasteiger partial charge on any atom is 0.337 e. The Morgan fingerprint density at radius 2 is 2.23 bits per heavy atom. The zero-order chi connectivity index (χ0) is 10.0. The van der Waals surface area contributed by atoms with Gasteiger partial charge in [0.2, 0.25) is 0 Å². The molecule has 0 amide bonds. The van der Waals surface area contributed by atoms with Gasteiger partial charge >= 0.3 is 5.97 Å². The predicted molar refractivity (Wildman–Crippen MR) is 58.7 cm³/mol. The van der Waals surface area contributed by atoms with Crippen LogP contribution >= 0.6 is 38.5 Å². The van der Waals surface area contributed by atoms with Crippen molar-refractivity contribution in [2.45, 2.75) is 5.33 Å². The minimum absolute atomic E-state index is 0.0393. The number of carbonyl (C=O) groups is 1. The fraction of sp³-hybridized carbons (Fsp3) is 0.125. The molecule has 0 saturated carbocycles. The van der Waals surface area contributed by atoms with Crippen LogP contribution in [0.15, 0.2) is 12.1 Å². The zero-order valence-corrected chi connectivity index (χ0v) is 10.1. The summed E-state index contributed by atoms with van der Waals surface area (Å²) in [4.78, 5) is 10.8. The van der Waals surface area contributed by atoms with Crippen LogP contribution in [0.5, 0.6) is 0 Å². The van der Waals surface area contributed by atoms with Crippen molar-refractivity contribution in [3.05, 3.63) is 32.6 Å². The lowest BCUT2D eigenvalue weighted by Gasteiger charge is -2.05. The van der Waals surface area contributed by atoms with Crippen molar-refractivity contribution in [1.82, 2.24) is 0 Å². The fourth-order valence-corrected chi connectivity index (χ4v) is 2.24. The summed E-state index contributed by atoms with van der Waals surface area (Å²) in [6.07, 6.45) is 0. The summed E-state index contributed by atoms with van der Waals surface area (Å²) in [7, 11) is 0. The lowest BCUT2D eigenvalue weighted by molar-refractivity contribution is 0.0694. The molecule has 0 saturated heterocycles. The number of carboxylic acid groups (broad SMARTS) is 1. The first-order chi connectivity index (χ1) is 6.07. The highest BCUT2D eigenvalue weighted by molar-refractivity contribution is 14.1. The van der Waals surface area contributed by atoms with E-state index in [-0.39, 0.29) is 16.5 Å². The molecule has 0 heterocycles. The van der Waals surface area contributed by atoms with Crippen LogP contribution in [0.1, 0.15) is 15.9 Å². The first-order valence-corrected chi connectivity index (χ1v) is 5.54. The molecule has 1 aromatic rings. The SMILES string of the molecule is O=C(O)c1c(I)ccc(F)c1CBr. The number of carboxylic acids is 1. The number of hydrogen-bond acceptors (Lipinski definition) is 1. The molecule has 2 nitrogen and oxygen atoms in total. The fourth-order valence-electron chi connectivity index (χ4n) is 0.956. The second-order valence-electron chi connectivity index (χ2n) is 2.32. The lowest BCUT2D eigenvalue weighted by atomic mass is 10.1. The Kier molecular flexibility index (Phi) is 3.66. The van der Waals surface area contributed by atoms with Gasteiger partial charge in [0.15, 0.2) is 0 Å². The quantitative estimate of drug-likeness (QED) is 0.651. The summed E-state index contributed by atoms with van der Waals surface area (Å²) < 4.78 is 13.6. The van der Waals surface area contributed by atoms with Crippen LogP contribution in [0.4, 0.5) is 4.39 Å². The molecule has 1 aromatic carbocycles. The Morgan fingerprint density at radius 3 is 2.62 bits per heavy atom. The minimum Gasteiger partial charge on any atom is -0.478 e. The van der Waals surface area contributed by atoms with Crippen LogP contribution < -0.4 is 0 Å². The molecule has 0 bridgehead atoms. The molecule has 0 unspecified atom stereocenters. The number of rotatable bonds is 2. The summed E-state index contributed by atoms with van der Waals surface area (Å²) in [5.41, 5.74) is 0.233. The van der Waals surface area contributed by atoms with Gasteiger partial charge in [-0.2, -0.15) is 0 Å². The number of hydrogen-bond donors (Lipinski definition) is 1. The Labute approximate surface area is 96.4 Å². The Bertz CT molecular complexity index is 354. The van der Waals surface area contributed by atoms with Crippen LogP contribution in [-0.2, 0) is 5.33 Å². The topological polar surface area (TPSA) is 37.3 Å². The molecule has 70 valence electrons. The van der Waals surface area contributed by atoms with Gasteiger partial charge in [0.05, 0.1) is 5.56 Å². The van der Waals surface area contributed by atoms with Gasteiger partial charge in [0.1, 0.15) is 5.82 Å². The number of benzene rings is 1. The normalized spacial score (nSPS) is 10.1. The average Bonchev–Trinajstić information content (AvgIpc) is 2.07. The van der Waals surface area contributed by atoms with Crippen LogP contribution in [0, 0.1) is 9.39 Å². The molecule has 0 aromatic heterocycles. The van der Waals surface area contributed by atoms with E-state index in [1.165, 1.54) is 12.1 Å². The number of aromatic carboxylic acids is 1. The highest BCUT2D eigenvalue weighted by atomic mass is 127. The van der Waals surface area contributed by atoms with Crippen molar-refractivity contribution < 1.29 is 14.3 Å². The van der Waals surface area contributed by atoms with E-state index >= 15 is 0 Å². The third-order valence-corrected chi connectivity index (χ3v) is 3.01. The predicted octanol–water partition coefficient (Wildman–Crippen LogP) is 3.02. The monoisotopic (exact) mass is 358 g/mol. The Morgan fingerprint density at radius 1 is 1.62 bits per heavy atom. The molecule has 0 atom stereocenters. The molecular formula is C8H5BrFIO2. The second kappa shape index (κ2) is 4.36. The van der Waals surface area contributed by atoms with Crippen LogP contribution in [0.3, 0.4) is 0 Å². The summed E-state index contributed by atoms with van der Waals surface area (Å²) >= 11 is 4.93. The van der Waals surface area contributed by atoms with Crippen molar-refractivity contribution in [2.75, 3.05) is 0 Å². The average molecular weight is 359 g/mol. The first kappa shape index (κ1) is 10.9. The molecule has 1 N–H and O–H groups in total. The van der Waals surface area contributed by atoms with E-state index in [0.717, 1.165) is 0 Å². The first-order valence-electron chi connectivity index (χ1n) is 3.34. The van der Waals surface area contributed by atoms with E-state index in [2.05, 4.69) is 15.9 Å². The minimum atomic E-state index is -1.10. The van der Waals surface area contributed by atoms with Crippen molar-refractivity contribution in [3.63, 3.8) is 0 Å². The van der Waals surface area contributed by atoms with Gasteiger partial charge in [-0.25, -0.2) is 9.18 Å². The number of alkyl halides is 1. The maximum atomic E-state index is 13.1. The second-order valence-corrected chi connectivity index (χ2v) is 4.04. The Hall–Kier alpha value is -0.170. The summed E-state index contributed by atoms with van der Waals surface area (Å²) in [5, 5.41) is 9.02. The van der Waals surface area contributed by atoms with Crippen molar-refractivity contribution in [3.8, 4) is 0 Å². The standard InChI is InChI=1S/C8H5BrFIO2/c9-3-4-5(10)1-2-6(11)7(4)8(12)13/h1-2H,3H2,(H,12,13). The molecule has 0 aliphatic rings. The smallest absolute Gasteiger partial charge is 0.337 e. The molecule has 0 spiro atoms. The molecule has 13 heavy (non-hydrogen) atoms. The van der Waals surface area contributed by atoms with Gasteiger partial charge in [0, 0.05) is 14.5 Å². The van der Waals surface area contributed by atoms with Gasteiger partial charge in [-0.05, 0) is 34.7 Å². The van der Waals surface area contributed by atoms with E-state index in [0.29, 0.717) is 3.57 Å². The highest BCUT2D eigenvalue weighted by Gasteiger charge is 2.16. The van der Waals surface area contributed by atoms with Crippen molar-refractivity contribution >= 4 is 44.5 Å². The van der Waals surface area contributed by atoms with E-state index in [1.807, 2.05) is 22.6 Å². The van der Waals surface area contributed by atoms with Crippen molar-refractivity contribution in [2.24, 2.45) is 0 Å². The largest absolute Gasteiger partial charge is 0.478 e. The zero-order valence-electron chi connectivity index (χ0n) is 6.35. The van der Waals surface area contributed by atoms with E-state index < -0.39 is 11.8 Å². The van der Waals surface area contributed by atoms with Crippen molar-refractivity contribution in [1.29, 1.82) is 0 Å². The van der Waals surface area contributed by atoms with Gasteiger partial charge in [-0.15, -0.1) is 0 Å². The molecule has 0 aliphatic heterocycles. The summed E-state index contributed by atoms with van der Waals surface area (Å²) in [6, 6.07) is 2.72. The van der Waals surface area contributed by atoms with Crippen LogP contribution in [-0.4, -0.2) is 11.1 Å². The third kappa shape index (κ3) is 2.19. The van der Waals surface area contributed by atoms with E-state index in [1.54, 1.807) is 0 Å². The van der Waals surface area contributed by atoms with E-state index in [4.69, 9.17) is 5.11 Å². The van der Waals surface area contributed by atoms with Gasteiger partial charge in [-0.1, -0.05) is 15.9 Å². The highest BCUT2D eigenvalue weighted by Crippen LogP contribution is 2.22. The summed E-state index contributed by atoms with van der Waals surface area (Å²) in [6.45, 7) is 0. The number of halogens is 3. The van der Waals surface area contributed by atoms with Gasteiger partial charge in [-0.3, -0.25) is 0 Å². The molecule has 0 fully saturated rings. The molecular weight excluding hydrogens is 354 g/mol. The maximum absolute atomic E-state index is 13.1. The van der Waals surface area contributed by atoms with E-state index in [9.17, 15) is 9.18 Å². The Balaban J connectivity index is 3.43. The molecule has 1 rings (SSSR count). The van der Waals surface area contributed by atoms with Crippen LogP contribution in [0.25, 0.3) is 0 Å². The molecule has 0 radical (unpaired) electrons. The van der Waals surface area contributed by atoms with Gasteiger partial charge in [0.25, 0.3) is 0 Å². The lowest BCUT2D eigenvalue weighted by Crippen LogP contribution is -2.06. The molecule has 5 heteroatoms. The van der Waals surface area contributed by atoms with Crippen LogP contribution in [0.2, 0.25) is 0 Å². The molecule has 0 aliphatic carbocycles. The van der Waals surface area contributed by atoms with Gasteiger partial charge < -0.3 is 5.11 Å².